The molecular formula is C13H18N2O4S. The zero-order valence-electron chi connectivity index (χ0n) is 11.8. The molecule has 110 valence electrons. The van der Waals surface area contributed by atoms with E-state index in [2.05, 4.69) is 5.32 Å². The second-order valence-corrected chi connectivity index (χ2v) is 5.05. The Morgan fingerprint density at radius 3 is 2.55 bits per heavy atom. The minimum Gasteiger partial charge on any atom is -0.465 e. The standard InChI is InChI=1S/C13H18N2O4S/c1-4-15(8-12(17)19-5-2)13(18)10-6-7-11(20-10)14-9(3)16/h6-7H,4-5,8H2,1-3H3,(H,14,16). The highest BCUT2D eigenvalue weighted by atomic mass is 32.1. The molecule has 6 nitrogen and oxygen atoms in total. The van der Waals surface area contributed by atoms with Crippen LogP contribution in [0.3, 0.4) is 0 Å². The average molecular weight is 298 g/mol. The lowest BCUT2D eigenvalue weighted by atomic mass is 10.3. The first kappa shape index (κ1) is 16.2. The SMILES string of the molecule is CCOC(=O)CN(CC)C(=O)c1ccc(NC(C)=O)s1. The number of likely N-dealkylation sites (N-methyl/N-ethyl adjacent to an activating group) is 1. The normalized spacial score (nSPS) is 9.95. The maximum absolute atomic E-state index is 12.2. The molecule has 0 unspecified atom stereocenters. The van der Waals surface area contributed by atoms with Crippen LogP contribution < -0.4 is 5.32 Å². The van der Waals surface area contributed by atoms with Gasteiger partial charge in [0, 0.05) is 13.5 Å². The first-order chi connectivity index (χ1) is 9.47. The van der Waals surface area contributed by atoms with E-state index in [1.165, 1.54) is 23.2 Å². The predicted molar refractivity (Wildman–Crippen MR) is 76.8 cm³/mol. The van der Waals surface area contributed by atoms with Crippen LogP contribution in [-0.2, 0) is 14.3 Å². The topological polar surface area (TPSA) is 75.7 Å². The highest BCUT2D eigenvalue weighted by molar-refractivity contribution is 7.18. The second kappa shape index (κ2) is 7.64. The summed E-state index contributed by atoms with van der Waals surface area (Å²) in [6, 6.07) is 3.30. The molecule has 0 fully saturated rings. The fourth-order valence-corrected chi connectivity index (χ4v) is 2.46. The van der Waals surface area contributed by atoms with Gasteiger partial charge < -0.3 is 15.0 Å². The first-order valence-corrected chi connectivity index (χ1v) is 7.11. The lowest BCUT2D eigenvalue weighted by molar-refractivity contribution is -0.143. The van der Waals surface area contributed by atoms with Crippen LogP contribution in [-0.4, -0.2) is 42.4 Å². The van der Waals surface area contributed by atoms with Crippen molar-refractivity contribution in [3.05, 3.63) is 17.0 Å². The van der Waals surface area contributed by atoms with E-state index in [9.17, 15) is 14.4 Å². The van der Waals surface area contributed by atoms with E-state index in [0.29, 0.717) is 16.4 Å². The summed E-state index contributed by atoms with van der Waals surface area (Å²) in [7, 11) is 0. The summed E-state index contributed by atoms with van der Waals surface area (Å²) in [6.45, 7) is 5.53. The van der Waals surface area contributed by atoms with E-state index in [4.69, 9.17) is 4.74 Å². The van der Waals surface area contributed by atoms with Gasteiger partial charge in [0.15, 0.2) is 0 Å². The van der Waals surface area contributed by atoms with Crippen molar-refractivity contribution < 1.29 is 19.1 Å². The number of carbonyl (C=O) groups is 3. The van der Waals surface area contributed by atoms with Gasteiger partial charge in [-0.15, -0.1) is 11.3 Å². The van der Waals surface area contributed by atoms with Gasteiger partial charge in [-0.3, -0.25) is 14.4 Å². The van der Waals surface area contributed by atoms with Gasteiger partial charge in [0.25, 0.3) is 5.91 Å². The van der Waals surface area contributed by atoms with Crippen molar-refractivity contribution in [3.8, 4) is 0 Å². The van der Waals surface area contributed by atoms with E-state index in [1.807, 2.05) is 0 Å². The summed E-state index contributed by atoms with van der Waals surface area (Å²) in [5.41, 5.74) is 0. The molecule has 0 atom stereocenters. The lowest BCUT2D eigenvalue weighted by Gasteiger charge is -2.18. The van der Waals surface area contributed by atoms with Gasteiger partial charge in [0.2, 0.25) is 5.91 Å². The predicted octanol–water partition coefficient (Wildman–Crippen LogP) is 1.73. The number of carbonyl (C=O) groups excluding carboxylic acids is 3. The van der Waals surface area contributed by atoms with Crippen molar-refractivity contribution >= 4 is 34.1 Å². The third-order valence-corrected chi connectivity index (χ3v) is 3.40. The van der Waals surface area contributed by atoms with E-state index >= 15 is 0 Å². The Kier molecular flexibility index (Phi) is 6.17. The van der Waals surface area contributed by atoms with Crippen LogP contribution in [0.4, 0.5) is 5.00 Å². The summed E-state index contributed by atoms with van der Waals surface area (Å²) in [5, 5.41) is 3.22. The molecule has 1 heterocycles. The molecule has 0 radical (unpaired) electrons. The van der Waals surface area contributed by atoms with Gasteiger partial charge in [0.05, 0.1) is 16.5 Å². The van der Waals surface area contributed by atoms with Crippen molar-refractivity contribution in [2.45, 2.75) is 20.8 Å². The number of thiophene rings is 1. The molecule has 0 saturated carbocycles. The van der Waals surface area contributed by atoms with Crippen LogP contribution >= 0.6 is 11.3 Å². The minimum absolute atomic E-state index is 0.0729. The van der Waals surface area contributed by atoms with E-state index in [-0.39, 0.29) is 25.0 Å². The minimum atomic E-state index is -0.429. The van der Waals surface area contributed by atoms with Gasteiger partial charge in [-0.25, -0.2) is 0 Å². The van der Waals surface area contributed by atoms with E-state index in [1.54, 1.807) is 26.0 Å². The third-order valence-electron chi connectivity index (χ3n) is 2.41. The molecule has 20 heavy (non-hydrogen) atoms. The molecule has 0 saturated heterocycles. The van der Waals surface area contributed by atoms with Crippen molar-refractivity contribution in [2.24, 2.45) is 0 Å². The number of ether oxygens (including phenoxy) is 1. The Morgan fingerprint density at radius 1 is 1.30 bits per heavy atom. The molecule has 2 amide bonds. The Bertz CT molecular complexity index is 498. The molecule has 0 aliphatic carbocycles. The fraction of sp³-hybridized carbons (Fsp3) is 0.462. The van der Waals surface area contributed by atoms with Crippen LogP contribution in [0.1, 0.15) is 30.4 Å². The Balaban J connectivity index is 2.73. The molecule has 1 aromatic rings. The molecule has 1 rings (SSSR count). The average Bonchev–Trinajstić information content (AvgIpc) is 2.83. The third kappa shape index (κ3) is 4.65. The van der Waals surface area contributed by atoms with Crippen LogP contribution in [0.15, 0.2) is 12.1 Å². The highest BCUT2D eigenvalue weighted by Crippen LogP contribution is 2.23. The number of rotatable bonds is 6. The molecule has 1 aromatic heterocycles. The van der Waals surface area contributed by atoms with E-state index < -0.39 is 5.97 Å². The summed E-state index contributed by atoms with van der Waals surface area (Å²) >= 11 is 1.18. The monoisotopic (exact) mass is 298 g/mol. The molecule has 0 spiro atoms. The maximum Gasteiger partial charge on any atom is 0.325 e. The van der Waals surface area contributed by atoms with Crippen LogP contribution in [0.25, 0.3) is 0 Å². The van der Waals surface area contributed by atoms with Crippen molar-refractivity contribution in [1.29, 1.82) is 0 Å². The molecule has 1 N–H and O–H groups in total. The zero-order valence-corrected chi connectivity index (χ0v) is 12.6. The van der Waals surface area contributed by atoms with Crippen molar-refractivity contribution in [1.82, 2.24) is 4.90 Å². The van der Waals surface area contributed by atoms with Crippen molar-refractivity contribution in [2.75, 3.05) is 25.0 Å². The Labute approximate surface area is 121 Å². The van der Waals surface area contributed by atoms with Gasteiger partial charge in [-0.05, 0) is 26.0 Å². The summed E-state index contributed by atoms with van der Waals surface area (Å²) in [4.78, 5) is 36.5. The number of amides is 2. The largest absolute Gasteiger partial charge is 0.465 e. The molecule has 0 aromatic carbocycles. The number of nitrogens with one attached hydrogen (secondary N) is 1. The molecule has 0 bridgehead atoms. The van der Waals surface area contributed by atoms with Crippen LogP contribution in [0.2, 0.25) is 0 Å². The number of hydrogen-bond donors (Lipinski definition) is 1. The number of anilines is 1. The smallest absolute Gasteiger partial charge is 0.325 e. The summed E-state index contributed by atoms with van der Waals surface area (Å²) < 4.78 is 4.83. The number of hydrogen-bond acceptors (Lipinski definition) is 5. The second-order valence-electron chi connectivity index (χ2n) is 3.97. The number of nitrogens with zero attached hydrogens (tertiary/aromatic N) is 1. The van der Waals surface area contributed by atoms with E-state index in [0.717, 1.165) is 0 Å². The lowest BCUT2D eigenvalue weighted by Crippen LogP contribution is -2.35. The Hall–Kier alpha value is -1.89. The maximum atomic E-state index is 12.2. The molecule has 0 aliphatic heterocycles. The molecule has 7 heteroatoms. The van der Waals surface area contributed by atoms with Crippen molar-refractivity contribution in [3.63, 3.8) is 0 Å². The number of esters is 1. The van der Waals surface area contributed by atoms with Gasteiger partial charge in [-0.2, -0.15) is 0 Å². The van der Waals surface area contributed by atoms with Crippen LogP contribution in [0, 0.1) is 0 Å². The first-order valence-electron chi connectivity index (χ1n) is 6.30. The van der Waals surface area contributed by atoms with Gasteiger partial charge in [-0.1, -0.05) is 0 Å². The summed E-state index contributed by atoms with van der Waals surface area (Å²) in [6.07, 6.45) is 0. The fourth-order valence-electron chi connectivity index (χ4n) is 1.54. The zero-order chi connectivity index (χ0) is 15.1. The Morgan fingerprint density at radius 2 is 2.00 bits per heavy atom. The van der Waals surface area contributed by atoms with Crippen LogP contribution in [0.5, 0.6) is 0 Å². The quantitative estimate of drug-likeness (QED) is 0.812. The molecular weight excluding hydrogens is 280 g/mol. The van der Waals surface area contributed by atoms with Gasteiger partial charge >= 0.3 is 5.97 Å². The summed E-state index contributed by atoms with van der Waals surface area (Å²) in [5.74, 6) is -0.867. The van der Waals surface area contributed by atoms with Gasteiger partial charge in [0.1, 0.15) is 6.54 Å². The highest BCUT2D eigenvalue weighted by Gasteiger charge is 2.19. The molecule has 0 aliphatic rings.